The number of rotatable bonds is 9. The van der Waals surface area contributed by atoms with Crippen LogP contribution in [0, 0.1) is 11.8 Å². The molecule has 6 fully saturated rings. The maximum atomic E-state index is 12.5. The molecule has 2 atom stereocenters. The highest BCUT2D eigenvalue weighted by Crippen LogP contribution is 2.28. The Labute approximate surface area is 301 Å². The molecule has 6 aliphatic rings. The maximum absolute atomic E-state index is 12.5. The monoisotopic (exact) mass is 690 g/mol. The minimum absolute atomic E-state index is 0.0216. The lowest BCUT2D eigenvalue weighted by atomic mass is 9.84. The van der Waals surface area contributed by atoms with E-state index < -0.39 is 5.97 Å². The summed E-state index contributed by atoms with van der Waals surface area (Å²) >= 11 is 0. The maximum Gasteiger partial charge on any atom is 0.335 e. The van der Waals surface area contributed by atoms with Crippen molar-refractivity contribution in [3.8, 4) is 11.5 Å². The number of benzene rings is 4. The molecule has 4 bridgehead atoms. The predicted molar refractivity (Wildman–Crippen MR) is 199 cm³/mol. The summed E-state index contributed by atoms with van der Waals surface area (Å²) in [5, 5.41) is 12.0. The fraction of sp³-hybridized carbons (Fsp3) is 0.381. The fourth-order valence-corrected chi connectivity index (χ4v) is 7.27. The van der Waals surface area contributed by atoms with Gasteiger partial charge in [-0.3, -0.25) is 4.79 Å². The molecule has 4 aromatic rings. The van der Waals surface area contributed by atoms with Crippen LogP contribution in [0.4, 0.5) is 0 Å². The zero-order chi connectivity index (χ0) is 35.4. The Morgan fingerprint density at radius 1 is 0.627 bits per heavy atom. The van der Waals surface area contributed by atoms with E-state index in [0.717, 1.165) is 35.9 Å². The van der Waals surface area contributed by atoms with Gasteiger partial charge in [0.1, 0.15) is 24.7 Å². The van der Waals surface area contributed by atoms with E-state index in [4.69, 9.17) is 20.3 Å². The van der Waals surface area contributed by atoms with Crippen LogP contribution >= 0.6 is 0 Å². The molecule has 6 saturated heterocycles. The third-order valence-electron chi connectivity index (χ3n) is 10.4. The van der Waals surface area contributed by atoms with Gasteiger partial charge in [-0.15, -0.1) is 0 Å². The Morgan fingerprint density at radius 3 is 1.45 bits per heavy atom. The molecule has 9 nitrogen and oxygen atoms in total. The van der Waals surface area contributed by atoms with E-state index in [-0.39, 0.29) is 11.5 Å². The molecule has 9 heteroatoms. The highest BCUT2D eigenvalue weighted by atomic mass is 16.5. The molecule has 10 rings (SSSR count). The highest BCUT2D eigenvalue weighted by Gasteiger charge is 2.35. The number of fused-ring (bicyclic) bond motifs is 6. The fourth-order valence-electron chi connectivity index (χ4n) is 7.27. The first-order valence-corrected chi connectivity index (χ1v) is 18.2. The van der Waals surface area contributed by atoms with E-state index >= 15 is 0 Å². The van der Waals surface area contributed by atoms with E-state index in [9.17, 15) is 9.59 Å². The average molecular weight is 691 g/mol. The predicted octanol–water partition coefficient (Wildman–Crippen LogP) is 6.09. The van der Waals surface area contributed by atoms with Crippen LogP contribution in [0.1, 0.15) is 57.5 Å². The molecule has 4 aromatic carbocycles. The Morgan fingerprint density at radius 2 is 1.08 bits per heavy atom. The molecule has 0 aromatic heterocycles. The Hall–Kier alpha value is -4.70. The summed E-state index contributed by atoms with van der Waals surface area (Å²) in [6.07, 6.45) is 5.11. The first-order valence-electron chi connectivity index (χ1n) is 18.2. The van der Waals surface area contributed by atoms with Gasteiger partial charge in [-0.1, -0.05) is 60.7 Å². The van der Waals surface area contributed by atoms with Crippen molar-refractivity contribution in [2.24, 2.45) is 17.6 Å². The number of nitrogens with two attached hydrogens (primary N) is 1. The molecular formula is C42H50N4O5. The first kappa shape index (κ1) is 36.1. The second kappa shape index (κ2) is 18.0. The Bertz CT molecular complexity index is 1650. The van der Waals surface area contributed by atoms with E-state index in [1.54, 1.807) is 12.1 Å². The molecule has 1 amide bonds. The van der Waals surface area contributed by atoms with Gasteiger partial charge in [0, 0.05) is 30.7 Å². The van der Waals surface area contributed by atoms with Gasteiger partial charge < -0.3 is 35.4 Å². The lowest BCUT2D eigenvalue weighted by Gasteiger charge is -2.44. The second-order valence-corrected chi connectivity index (χ2v) is 13.9. The molecule has 4 N–H and O–H groups in total. The van der Waals surface area contributed by atoms with Crippen molar-refractivity contribution >= 4 is 11.9 Å². The molecule has 0 aliphatic carbocycles. The third kappa shape index (κ3) is 10.7. The second-order valence-electron chi connectivity index (χ2n) is 13.9. The summed E-state index contributed by atoms with van der Waals surface area (Å²) in [6.45, 7) is 8.14. The topological polar surface area (TPSA) is 117 Å². The van der Waals surface area contributed by atoms with Crippen LogP contribution in [0.25, 0.3) is 0 Å². The van der Waals surface area contributed by atoms with Gasteiger partial charge in [0.25, 0.3) is 5.91 Å². The number of carboxylic acid groups (broad SMARTS) is 1. The normalized spacial score (nSPS) is 24.2. The zero-order valence-corrected chi connectivity index (χ0v) is 29.2. The summed E-state index contributed by atoms with van der Waals surface area (Å²) in [6, 6.07) is 34.5. The van der Waals surface area contributed by atoms with E-state index in [1.165, 1.54) is 64.0 Å². The van der Waals surface area contributed by atoms with Crippen molar-refractivity contribution in [1.82, 2.24) is 15.1 Å². The smallest absolute Gasteiger partial charge is 0.335 e. The molecule has 51 heavy (non-hydrogen) atoms. The van der Waals surface area contributed by atoms with Crippen LogP contribution in [0.5, 0.6) is 11.5 Å². The number of carbonyl (C=O) groups excluding carboxylic acids is 1. The standard InChI is InChI=1S/C21H24N2O2.C14H12O3.C7H14N2/c24-21(22-20-14-23-12-10-17(20)11-13-23)18-6-8-19(9-7-18)25-15-16-4-2-1-3-5-16;15-14(16)12-6-8-13(9-7-12)17-10-11-4-2-1-3-5-11;8-7-5-9-3-1-6(7)2-4-9/h1-9,17,20H,10-15H2,(H,22,24);1-9H,10H2,(H,15,16);6-7H,1-5,8H2/t20-;;7-/m1.1/s1. The number of ether oxygens (including phenoxy) is 2. The van der Waals surface area contributed by atoms with Crippen molar-refractivity contribution in [3.63, 3.8) is 0 Å². The van der Waals surface area contributed by atoms with Gasteiger partial charge in [0.05, 0.1) is 5.56 Å². The van der Waals surface area contributed by atoms with Crippen molar-refractivity contribution in [2.75, 3.05) is 39.3 Å². The lowest BCUT2D eigenvalue weighted by Crippen LogP contribution is -2.57. The molecule has 0 unspecified atom stereocenters. The van der Waals surface area contributed by atoms with Crippen LogP contribution in [0.15, 0.2) is 109 Å². The summed E-state index contributed by atoms with van der Waals surface area (Å²) in [5.41, 5.74) is 9.05. The van der Waals surface area contributed by atoms with Crippen LogP contribution in [-0.2, 0) is 13.2 Å². The molecule has 6 aliphatic heterocycles. The van der Waals surface area contributed by atoms with E-state index in [2.05, 4.69) is 15.1 Å². The number of nitrogens with one attached hydrogen (secondary N) is 1. The molecule has 0 spiro atoms. The number of nitrogens with zero attached hydrogens (tertiary/aromatic N) is 2. The van der Waals surface area contributed by atoms with Crippen molar-refractivity contribution in [3.05, 3.63) is 131 Å². The number of hydrogen-bond acceptors (Lipinski definition) is 7. The number of carboxylic acids is 1. The van der Waals surface area contributed by atoms with E-state index in [1.807, 2.05) is 84.9 Å². The van der Waals surface area contributed by atoms with Crippen molar-refractivity contribution in [2.45, 2.75) is 51.0 Å². The van der Waals surface area contributed by atoms with Gasteiger partial charge in [-0.2, -0.15) is 0 Å². The minimum Gasteiger partial charge on any atom is -0.489 e. The van der Waals surface area contributed by atoms with Crippen LogP contribution in [0.2, 0.25) is 0 Å². The van der Waals surface area contributed by atoms with Crippen molar-refractivity contribution < 1.29 is 24.2 Å². The summed E-state index contributed by atoms with van der Waals surface area (Å²) in [7, 11) is 0. The number of hydrogen-bond donors (Lipinski definition) is 3. The Kier molecular flexibility index (Phi) is 12.7. The molecule has 6 heterocycles. The van der Waals surface area contributed by atoms with Crippen LogP contribution in [0.3, 0.4) is 0 Å². The molecular weight excluding hydrogens is 640 g/mol. The largest absolute Gasteiger partial charge is 0.489 e. The zero-order valence-electron chi connectivity index (χ0n) is 29.2. The first-order chi connectivity index (χ1) is 24.9. The molecule has 0 radical (unpaired) electrons. The summed E-state index contributed by atoms with van der Waals surface area (Å²) < 4.78 is 11.3. The van der Waals surface area contributed by atoms with Gasteiger partial charge in [-0.05, 0) is 123 Å². The molecule has 0 saturated carbocycles. The van der Waals surface area contributed by atoms with Gasteiger partial charge in [0.2, 0.25) is 0 Å². The van der Waals surface area contributed by atoms with Gasteiger partial charge in [0.15, 0.2) is 0 Å². The summed E-state index contributed by atoms with van der Waals surface area (Å²) in [4.78, 5) is 28.1. The average Bonchev–Trinajstić information content (AvgIpc) is 3.19. The van der Waals surface area contributed by atoms with E-state index in [0.29, 0.717) is 42.5 Å². The molecule has 268 valence electrons. The number of amides is 1. The quantitative estimate of drug-likeness (QED) is 0.193. The SMILES string of the molecule is N[C@@H]1CN2CCC1CC2.O=C(N[C@@H]1CN2CCC1CC2)c1ccc(OCc2ccccc2)cc1.O=C(O)c1ccc(OCc2ccccc2)cc1. The van der Waals surface area contributed by atoms with Gasteiger partial charge >= 0.3 is 5.97 Å². The highest BCUT2D eigenvalue weighted by molar-refractivity contribution is 5.94. The number of piperidine rings is 6. The summed E-state index contributed by atoms with van der Waals surface area (Å²) in [5.74, 6) is 2.03. The Balaban J connectivity index is 0.000000148. The van der Waals surface area contributed by atoms with Crippen molar-refractivity contribution in [1.29, 1.82) is 0 Å². The van der Waals surface area contributed by atoms with Crippen LogP contribution < -0.4 is 20.5 Å². The number of aromatic carboxylic acids is 1. The third-order valence-corrected chi connectivity index (χ3v) is 10.4. The van der Waals surface area contributed by atoms with Gasteiger partial charge in [-0.25, -0.2) is 4.79 Å². The minimum atomic E-state index is -0.931. The number of carbonyl (C=O) groups is 2. The lowest BCUT2D eigenvalue weighted by molar-refractivity contribution is 0.0620. The van der Waals surface area contributed by atoms with Crippen LogP contribution in [-0.4, -0.2) is 78.1 Å².